The van der Waals surface area contributed by atoms with Gasteiger partial charge in [0.1, 0.15) is 0 Å². The zero-order valence-electron chi connectivity index (χ0n) is 9.13. The van der Waals surface area contributed by atoms with Gasteiger partial charge in [0.25, 0.3) is 0 Å². The van der Waals surface area contributed by atoms with Crippen LogP contribution in [-0.4, -0.2) is 18.4 Å². The lowest BCUT2D eigenvalue weighted by Gasteiger charge is -2.07. The summed E-state index contributed by atoms with van der Waals surface area (Å²) in [5, 5.41) is 0. The summed E-state index contributed by atoms with van der Waals surface area (Å²) in [6.45, 7) is 9.51. The Bertz CT molecular complexity index is 229. The SMILES string of the molecule is C=C(C(=O)CCC)C(=O)OCC(C)C. The molecule has 0 aliphatic rings. The van der Waals surface area contributed by atoms with Gasteiger partial charge in [-0.25, -0.2) is 4.79 Å². The number of Topliss-reactive ketones (excluding diaryl/α,β-unsaturated/α-hetero) is 1. The van der Waals surface area contributed by atoms with E-state index in [4.69, 9.17) is 4.74 Å². The van der Waals surface area contributed by atoms with E-state index in [0.717, 1.165) is 6.42 Å². The van der Waals surface area contributed by atoms with Crippen molar-refractivity contribution in [2.45, 2.75) is 33.6 Å². The van der Waals surface area contributed by atoms with Crippen LogP contribution >= 0.6 is 0 Å². The van der Waals surface area contributed by atoms with Gasteiger partial charge in [0.05, 0.1) is 12.2 Å². The second kappa shape index (κ2) is 6.35. The molecule has 0 saturated carbocycles. The number of ether oxygens (including phenoxy) is 1. The van der Waals surface area contributed by atoms with E-state index in [2.05, 4.69) is 6.58 Å². The molecule has 0 aliphatic carbocycles. The first-order valence-electron chi connectivity index (χ1n) is 4.88. The minimum absolute atomic E-state index is 0.0347. The van der Waals surface area contributed by atoms with Gasteiger partial charge in [-0.15, -0.1) is 0 Å². The van der Waals surface area contributed by atoms with Crippen molar-refractivity contribution in [1.29, 1.82) is 0 Å². The van der Waals surface area contributed by atoms with Crippen LogP contribution in [0, 0.1) is 5.92 Å². The van der Waals surface area contributed by atoms with E-state index in [1.807, 2.05) is 20.8 Å². The fourth-order valence-electron chi connectivity index (χ4n) is 0.821. The Morgan fingerprint density at radius 3 is 2.36 bits per heavy atom. The lowest BCUT2D eigenvalue weighted by molar-refractivity contribution is -0.141. The van der Waals surface area contributed by atoms with Crippen LogP contribution in [0.5, 0.6) is 0 Å². The van der Waals surface area contributed by atoms with Gasteiger partial charge < -0.3 is 4.74 Å². The molecule has 0 aromatic rings. The van der Waals surface area contributed by atoms with E-state index in [0.29, 0.717) is 13.0 Å². The lowest BCUT2D eigenvalue weighted by atomic mass is 10.1. The predicted octanol–water partition coefficient (Wildman–Crippen LogP) is 2.11. The van der Waals surface area contributed by atoms with Gasteiger partial charge in [-0.2, -0.15) is 0 Å². The Hall–Kier alpha value is -1.12. The molecule has 0 rings (SSSR count). The van der Waals surface area contributed by atoms with E-state index >= 15 is 0 Å². The molecule has 0 spiro atoms. The van der Waals surface area contributed by atoms with Crippen molar-refractivity contribution < 1.29 is 14.3 Å². The third-order valence-corrected chi connectivity index (χ3v) is 1.61. The third kappa shape index (κ3) is 4.80. The van der Waals surface area contributed by atoms with Crippen LogP contribution in [-0.2, 0) is 14.3 Å². The molecule has 0 aromatic heterocycles. The first-order chi connectivity index (χ1) is 6.49. The highest BCUT2D eigenvalue weighted by molar-refractivity contribution is 6.16. The van der Waals surface area contributed by atoms with Gasteiger partial charge in [-0.05, 0) is 12.3 Å². The maximum atomic E-state index is 11.2. The Morgan fingerprint density at radius 2 is 1.93 bits per heavy atom. The molecule has 3 heteroatoms. The Kier molecular flexibility index (Phi) is 5.84. The van der Waals surface area contributed by atoms with Gasteiger partial charge in [0, 0.05) is 6.42 Å². The number of carbonyl (C=O) groups is 2. The summed E-state index contributed by atoms with van der Waals surface area (Å²) >= 11 is 0. The zero-order chi connectivity index (χ0) is 11.1. The zero-order valence-corrected chi connectivity index (χ0v) is 9.13. The maximum absolute atomic E-state index is 11.2. The molecule has 0 amide bonds. The van der Waals surface area contributed by atoms with Crippen molar-refractivity contribution in [2.75, 3.05) is 6.61 Å². The first-order valence-corrected chi connectivity index (χ1v) is 4.88. The Morgan fingerprint density at radius 1 is 1.36 bits per heavy atom. The van der Waals surface area contributed by atoms with E-state index in [-0.39, 0.29) is 17.3 Å². The number of carbonyl (C=O) groups excluding carboxylic acids is 2. The van der Waals surface area contributed by atoms with Gasteiger partial charge in [-0.1, -0.05) is 27.4 Å². The molecule has 0 radical (unpaired) electrons. The van der Waals surface area contributed by atoms with Crippen LogP contribution < -0.4 is 0 Å². The van der Waals surface area contributed by atoms with Crippen LogP contribution in [0.25, 0.3) is 0 Å². The van der Waals surface area contributed by atoms with Gasteiger partial charge in [0.2, 0.25) is 0 Å². The molecular formula is C11H18O3. The van der Waals surface area contributed by atoms with Gasteiger partial charge >= 0.3 is 5.97 Å². The summed E-state index contributed by atoms with van der Waals surface area (Å²) in [7, 11) is 0. The van der Waals surface area contributed by atoms with Crippen molar-refractivity contribution >= 4 is 11.8 Å². The van der Waals surface area contributed by atoms with Gasteiger partial charge in [0.15, 0.2) is 5.78 Å². The topological polar surface area (TPSA) is 43.4 Å². The van der Waals surface area contributed by atoms with Crippen molar-refractivity contribution in [2.24, 2.45) is 5.92 Å². The minimum Gasteiger partial charge on any atom is -0.462 e. The molecule has 14 heavy (non-hydrogen) atoms. The van der Waals surface area contributed by atoms with Crippen LogP contribution in [0.15, 0.2) is 12.2 Å². The Labute approximate surface area is 85.1 Å². The standard InChI is InChI=1S/C11H18O3/c1-5-6-10(12)9(4)11(13)14-7-8(2)3/h8H,4-7H2,1-3H3. The van der Waals surface area contributed by atoms with E-state index in [1.165, 1.54) is 0 Å². The lowest BCUT2D eigenvalue weighted by Crippen LogP contribution is -2.17. The quantitative estimate of drug-likeness (QED) is 0.284. The fourth-order valence-corrected chi connectivity index (χ4v) is 0.821. The molecule has 3 nitrogen and oxygen atoms in total. The summed E-state index contributed by atoms with van der Waals surface area (Å²) in [4.78, 5) is 22.4. The van der Waals surface area contributed by atoms with Crippen molar-refractivity contribution in [1.82, 2.24) is 0 Å². The smallest absolute Gasteiger partial charge is 0.341 e. The summed E-state index contributed by atoms with van der Waals surface area (Å²) in [5.41, 5.74) is -0.0347. The van der Waals surface area contributed by atoms with Crippen molar-refractivity contribution in [3.63, 3.8) is 0 Å². The number of hydrogen-bond acceptors (Lipinski definition) is 3. The van der Waals surface area contributed by atoms with E-state index in [1.54, 1.807) is 0 Å². The normalized spacial score (nSPS) is 10.0. The molecule has 0 atom stereocenters. The highest BCUT2D eigenvalue weighted by Crippen LogP contribution is 2.04. The first kappa shape index (κ1) is 12.9. The molecule has 0 aromatic carbocycles. The number of rotatable bonds is 6. The second-order valence-corrected chi connectivity index (χ2v) is 3.64. The number of ketones is 1. The number of esters is 1. The largest absolute Gasteiger partial charge is 0.462 e. The average molecular weight is 198 g/mol. The molecule has 0 unspecified atom stereocenters. The summed E-state index contributed by atoms with van der Waals surface area (Å²) < 4.78 is 4.87. The highest BCUT2D eigenvalue weighted by atomic mass is 16.5. The molecule has 0 N–H and O–H groups in total. The minimum atomic E-state index is -0.586. The molecule has 0 heterocycles. The molecule has 0 bridgehead atoms. The van der Waals surface area contributed by atoms with E-state index in [9.17, 15) is 9.59 Å². The van der Waals surface area contributed by atoms with Crippen molar-refractivity contribution in [3.05, 3.63) is 12.2 Å². The second-order valence-electron chi connectivity index (χ2n) is 3.64. The highest BCUT2D eigenvalue weighted by Gasteiger charge is 2.16. The summed E-state index contributed by atoms with van der Waals surface area (Å²) in [6, 6.07) is 0. The van der Waals surface area contributed by atoms with E-state index < -0.39 is 5.97 Å². The fraction of sp³-hybridized carbons (Fsp3) is 0.636. The molecular weight excluding hydrogens is 180 g/mol. The summed E-state index contributed by atoms with van der Waals surface area (Å²) in [5.74, 6) is -0.536. The monoisotopic (exact) mass is 198 g/mol. The summed E-state index contributed by atoms with van der Waals surface area (Å²) in [6.07, 6.45) is 1.07. The van der Waals surface area contributed by atoms with Crippen LogP contribution in [0.2, 0.25) is 0 Å². The third-order valence-electron chi connectivity index (χ3n) is 1.61. The molecule has 0 aliphatic heterocycles. The molecule has 80 valence electrons. The van der Waals surface area contributed by atoms with Crippen LogP contribution in [0.4, 0.5) is 0 Å². The van der Waals surface area contributed by atoms with Crippen LogP contribution in [0.3, 0.4) is 0 Å². The molecule has 0 fully saturated rings. The van der Waals surface area contributed by atoms with Crippen molar-refractivity contribution in [3.8, 4) is 0 Å². The maximum Gasteiger partial charge on any atom is 0.341 e. The van der Waals surface area contributed by atoms with Gasteiger partial charge in [-0.3, -0.25) is 4.79 Å². The average Bonchev–Trinajstić information content (AvgIpc) is 2.13. The molecule has 0 saturated heterocycles. The number of hydrogen-bond donors (Lipinski definition) is 0. The van der Waals surface area contributed by atoms with Crippen LogP contribution in [0.1, 0.15) is 33.6 Å². The predicted molar refractivity (Wildman–Crippen MR) is 54.9 cm³/mol. The Balaban J connectivity index is 4.00.